The Morgan fingerprint density at radius 3 is 2.48 bits per heavy atom. The van der Waals surface area contributed by atoms with E-state index in [1.807, 2.05) is 24.3 Å². The fourth-order valence-electron chi connectivity index (χ4n) is 3.86. The van der Waals surface area contributed by atoms with Crippen molar-refractivity contribution in [2.45, 2.75) is 50.7 Å². The highest BCUT2D eigenvalue weighted by Crippen LogP contribution is 2.28. The number of hydroxylamine groups is 1. The van der Waals surface area contributed by atoms with E-state index >= 15 is 0 Å². The highest BCUT2D eigenvalue weighted by atomic mass is 16.5. The summed E-state index contributed by atoms with van der Waals surface area (Å²) < 4.78 is 6.22. The molecule has 1 amide bonds. The van der Waals surface area contributed by atoms with E-state index in [-0.39, 0.29) is 0 Å². The predicted octanol–water partition coefficient (Wildman–Crippen LogP) is 4.82. The quantitative estimate of drug-likeness (QED) is 0.236. The maximum absolute atomic E-state index is 11.1. The Morgan fingerprint density at radius 1 is 1.03 bits per heavy atom. The van der Waals surface area contributed by atoms with Gasteiger partial charge in [0.15, 0.2) is 0 Å². The number of benzene rings is 2. The van der Waals surface area contributed by atoms with Gasteiger partial charge in [0.05, 0.1) is 6.10 Å². The summed E-state index contributed by atoms with van der Waals surface area (Å²) in [6.07, 6.45) is 12.8. The van der Waals surface area contributed by atoms with Crippen molar-refractivity contribution >= 4 is 23.6 Å². The molecule has 0 heterocycles. The van der Waals surface area contributed by atoms with Crippen molar-refractivity contribution in [1.29, 1.82) is 0 Å². The molecule has 2 fully saturated rings. The maximum Gasteiger partial charge on any atom is 0.267 e. The molecule has 0 spiro atoms. The molecule has 0 atom stereocenters. The number of carbonyl (C=O) groups excluding carboxylic acids is 1. The zero-order valence-electron chi connectivity index (χ0n) is 17.7. The monoisotopic (exact) mass is 418 g/mol. The molecular weight excluding hydrogens is 388 g/mol. The van der Waals surface area contributed by atoms with Crippen LogP contribution in [0.15, 0.2) is 54.6 Å². The number of rotatable bonds is 9. The Bertz CT molecular complexity index is 939. The molecule has 0 radical (unpaired) electrons. The van der Waals surface area contributed by atoms with E-state index in [4.69, 9.17) is 9.94 Å². The van der Waals surface area contributed by atoms with Crippen molar-refractivity contribution in [3.05, 3.63) is 71.3 Å². The molecule has 2 aliphatic carbocycles. The van der Waals surface area contributed by atoms with Crippen molar-refractivity contribution in [1.82, 2.24) is 10.8 Å². The Morgan fingerprint density at radius 2 is 1.77 bits per heavy atom. The molecule has 5 nitrogen and oxygen atoms in total. The molecule has 0 aromatic heterocycles. The minimum atomic E-state index is -0.544. The van der Waals surface area contributed by atoms with Gasteiger partial charge < -0.3 is 10.1 Å². The summed E-state index contributed by atoms with van der Waals surface area (Å²) in [7, 11) is 0. The van der Waals surface area contributed by atoms with Gasteiger partial charge in [0.25, 0.3) is 5.91 Å². The van der Waals surface area contributed by atoms with E-state index in [1.54, 1.807) is 11.6 Å². The number of hydrogen-bond acceptors (Lipinski definition) is 4. The molecule has 2 aliphatic rings. The SMILES string of the molecule is O=C(/C=C/c1ccc(/C=C(/CNC2CC2)c2cccc(OC3CCCC3)c2)cc1)NO. The van der Waals surface area contributed by atoms with Crippen LogP contribution in [0.4, 0.5) is 0 Å². The van der Waals surface area contributed by atoms with Crippen molar-refractivity contribution in [2.24, 2.45) is 0 Å². The second kappa shape index (κ2) is 10.4. The molecule has 0 saturated heterocycles. The van der Waals surface area contributed by atoms with Crippen LogP contribution in [0.2, 0.25) is 0 Å². The largest absolute Gasteiger partial charge is 0.490 e. The Labute approximate surface area is 183 Å². The summed E-state index contributed by atoms with van der Waals surface area (Å²) in [5.41, 5.74) is 5.99. The van der Waals surface area contributed by atoms with Crippen LogP contribution in [0.1, 0.15) is 55.2 Å². The molecule has 2 aromatic rings. The van der Waals surface area contributed by atoms with E-state index in [9.17, 15) is 4.79 Å². The van der Waals surface area contributed by atoms with Gasteiger partial charge in [0.2, 0.25) is 0 Å². The Hall–Kier alpha value is -2.89. The third-order valence-electron chi connectivity index (χ3n) is 5.78. The molecular formula is C26H30N2O3. The lowest BCUT2D eigenvalue weighted by Crippen LogP contribution is -2.18. The highest BCUT2D eigenvalue weighted by molar-refractivity contribution is 5.91. The van der Waals surface area contributed by atoms with Crippen molar-refractivity contribution in [3.8, 4) is 5.75 Å². The van der Waals surface area contributed by atoms with Gasteiger partial charge in [-0.05, 0) is 85.1 Å². The molecule has 0 aliphatic heterocycles. The highest BCUT2D eigenvalue weighted by Gasteiger charge is 2.21. The fourth-order valence-corrected chi connectivity index (χ4v) is 3.86. The van der Waals surface area contributed by atoms with E-state index < -0.39 is 5.91 Å². The first kappa shape index (κ1) is 21.3. The minimum absolute atomic E-state index is 0.348. The molecule has 2 saturated carbocycles. The van der Waals surface area contributed by atoms with Gasteiger partial charge in [-0.3, -0.25) is 10.0 Å². The van der Waals surface area contributed by atoms with Crippen LogP contribution in [-0.4, -0.2) is 29.8 Å². The summed E-state index contributed by atoms with van der Waals surface area (Å²) in [4.78, 5) is 11.1. The first-order valence-electron chi connectivity index (χ1n) is 11.1. The van der Waals surface area contributed by atoms with Crippen molar-refractivity contribution in [3.63, 3.8) is 0 Å². The van der Waals surface area contributed by atoms with Crippen molar-refractivity contribution in [2.75, 3.05) is 6.54 Å². The van der Waals surface area contributed by atoms with Crippen LogP contribution in [0.5, 0.6) is 5.75 Å². The summed E-state index contributed by atoms with van der Waals surface area (Å²) in [6, 6.07) is 17.0. The summed E-state index contributed by atoms with van der Waals surface area (Å²) in [5, 5.41) is 12.2. The summed E-state index contributed by atoms with van der Waals surface area (Å²) >= 11 is 0. The number of nitrogens with one attached hydrogen (secondary N) is 2. The van der Waals surface area contributed by atoms with E-state index in [0.29, 0.717) is 12.1 Å². The van der Waals surface area contributed by atoms with Crippen LogP contribution >= 0.6 is 0 Å². The average Bonchev–Trinajstić information content (AvgIpc) is 3.50. The number of ether oxygens (including phenoxy) is 1. The topological polar surface area (TPSA) is 70.6 Å². The second-order valence-corrected chi connectivity index (χ2v) is 8.35. The molecule has 31 heavy (non-hydrogen) atoms. The molecule has 2 aromatic carbocycles. The second-order valence-electron chi connectivity index (χ2n) is 8.35. The fraction of sp³-hybridized carbons (Fsp3) is 0.346. The maximum atomic E-state index is 11.1. The molecule has 3 N–H and O–H groups in total. The number of hydrogen-bond donors (Lipinski definition) is 3. The minimum Gasteiger partial charge on any atom is -0.490 e. The third kappa shape index (κ3) is 6.54. The van der Waals surface area contributed by atoms with Crippen LogP contribution in [0.3, 0.4) is 0 Å². The van der Waals surface area contributed by atoms with Gasteiger partial charge >= 0.3 is 0 Å². The van der Waals surface area contributed by atoms with Crippen LogP contribution in [0, 0.1) is 0 Å². The molecule has 0 bridgehead atoms. The van der Waals surface area contributed by atoms with Gasteiger partial charge in [-0.1, -0.05) is 36.4 Å². The van der Waals surface area contributed by atoms with Crippen molar-refractivity contribution < 1.29 is 14.7 Å². The number of carbonyl (C=O) groups is 1. The standard InChI is InChI=1S/C26H30N2O3/c29-26(28-30)15-12-19-8-10-20(11-9-19)16-22(18-27-23-13-14-23)21-4-3-7-25(17-21)31-24-5-1-2-6-24/h3-4,7-12,15-17,23-24,27,30H,1-2,5-6,13-14,18H2,(H,28,29)/b15-12+,22-16-. The molecule has 4 rings (SSSR count). The van der Waals surface area contributed by atoms with Crippen LogP contribution in [0.25, 0.3) is 17.7 Å². The van der Waals surface area contributed by atoms with Crippen LogP contribution in [-0.2, 0) is 4.79 Å². The van der Waals surface area contributed by atoms with Gasteiger partial charge in [0.1, 0.15) is 5.75 Å². The summed E-state index contributed by atoms with van der Waals surface area (Å²) in [5.74, 6) is 0.404. The number of amides is 1. The van der Waals surface area contributed by atoms with E-state index in [0.717, 1.165) is 36.3 Å². The summed E-state index contributed by atoms with van der Waals surface area (Å²) in [6.45, 7) is 0.815. The molecule has 5 heteroatoms. The smallest absolute Gasteiger partial charge is 0.267 e. The lowest BCUT2D eigenvalue weighted by Gasteiger charge is -2.15. The van der Waals surface area contributed by atoms with Gasteiger partial charge in [-0.15, -0.1) is 0 Å². The third-order valence-corrected chi connectivity index (χ3v) is 5.78. The zero-order chi connectivity index (χ0) is 21.5. The Kier molecular flexibility index (Phi) is 7.18. The zero-order valence-corrected chi connectivity index (χ0v) is 17.7. The van der Waals surface area contributed by atoms with Gasteiger partial charge in [0, 0.05) is 18.7 Å². The lowest BCUT2D eigenvalue weighted by atomic mass is 10.0. The normalized spacial score (nSPS) is 17.3. The van der Waals surface area contributed by atoms with E-state index in [1.165, 1.54) is 42.9 Å². The lowest BCUT2D eigenvalue weighted by molar-refractivity contribution is -0.124. The molecule has 0 unspecified atom stereocenters. The van der Waals surface area contributed by atoms with Gasteiger partial charge in [-0.25, -0.2) is 5.48 Å². The average molecular weight is 419 g/mol. The van der Waals surface area contributed by atoms with Gasteiger partial charge in [-0.2, -0.15) is 0 Å². The van der Waals surface area contributed by atoms with E-state index in [2.05, 4.69) is 35.7 Å². The molecule has 162 valence electrons. The predicted molar refractivity (Wildman–Crippen MR) is 124 cm³/mol. The first-order valence-corrected chi connectivity index (χ1v) is 11.1. The Balaban J connectivity index is 1.52. The van der Waals surface area contributed by atoms with Crippen LogP contribution < -0.4 is 15.5 Å². The first-order chi connectivity index (χ1) is 15.2.